The summed E-state index contributed by atoms with van der Waals surface area (Å²) in [6.45, 7) is 1.24. The molecule has 2 unspecified atom stereocenters. The van der Waals surface area contributed by atoms with Crippen LogP contribution in [0.25, 0.3) is 0 Å². The van der Waals surface area contributed by atoms with Crippen molar-refractivity contribution in [1.82, 2.24) is 0 Å². The topological polar surface area (TPSA) is 58.9 Å². The zero-order valence-electron chi connectivity index (χ0n) is 9.02. The molecule has 0 rings (SSSR count). The van der Waals surface area contributed by atoms with Crippen molar-refractivity contribution in [2.75, 3.05) is 38.2 Å². The predicted molar refractivity (Wildman–Crippen MR) is 64.2 cm³/mol. The van der Waals surface area contributed by atoms with Crippen molar-refractivity contribution in [1.29, 1.82) is 0 Å². The third-order valence-electron chi connectivity index (χ3n) is 1.57. The molecule has 96 valence electrons. The van der Waals surface area contributed by atoms with E-state index in [1.807, 2.05) is 0 Å². The van der Waals surface area contributed by atoms with Crippen molar-refractivity contribution in [3.8, 4) is 0 Å². The summed E-state index contributed by atoms with van der Waals surface area (Å²) >= 11 is 10.7. The average molecular weight is 273 g/mol. The largest absolute Gasteiger partial charge is 0.389 e. The van der Waals surface area contributed by atoms with Gasteiger partial charge in [0.05, 0.1) is 50.4 Å². The van der Waals surface area contributed by atoms with Gasteiger partial charge in [-0.3, -0.25) is 0 Å². The van der Waals surface area contributed by atoms with Gasteiger partial charge in [-0.25, -0.2) is 0 Å². The summed E-state index contributed by atoms with van der Waals surface area (Å²) in [6.07, 6.45) is 2.30. The SMILES string of the molecule is OC(CCl)COCC=CCOCC(O)CCl. The zero-order valence-corrected chi connectivity index (χ0v) is 10.5. The molecule has 0 aromatic rings. The highest BCUT2D eigenvalue weighted by atomic mass is 35.5. The van der Waals surface area contributed by atoms with Crippen LogP contribution >= 0.6 is 23.2 Å². The van der Waals surface area contributed by atoms with Gasteiger partial charge in [0.25, 0.3) is 0 Å². The first-order chi connectivity index (χ1) is 7.70. The van der Waals surface area contributed by atoms with E-state index in [1.165, 1.54) is 0 Å². The number of alkyl halides is 2. The number of hydrogen-bond acceptors (Lipinski definition) is 4. The molecule has 16 heavy (non-hydrogen) atoms. The Morgan fingerprint density at radius 1 is 0.875 bits per heavy atom. The number of aliphatic hydroxyl groups excluding tert-OH is 2. The number of hydrogen-bond donors (Lipinski definition) is 2. The van der Waals surface area contributed by atoms with Crippen LogP contribution in [0.4, 0.5) is 0 Å². The van der Waals surface area contributed by atoms with Crippen molar-refractivity contribution in [3.05, 3.63) is 12.2 Å². The summed E-state index contributed by atoms with van der Waals surface area (Å²) in [5, 5.41) is 18.1. The minimum absolute atomic E-state index is 0.170. The Hall–Kier alpha value is 0.160. The lowest BCUT2D eigenvalue weighted by atomic mass is 10.4. The number of ether oxygens (including phenoxy) is 2. The molecule has 2 N–H and O–H groups in total. The second-order valence-corrected chi connectivity index (χ2v) is 3.78. The Labute approximate surface area is 106 Å². The van der Waals surface area contributed by atoms with Gasteiger partial charge in [0.2, 0.25) is 0 Å². The highest BCUT2D eigenvalue weighted by Gasteiger charge is 2.00. The molecule has 0 spiro atoms. The molecule has 0 saturated heterocycles. The Kier molecular flexibility index (Phi) is 11.8. The molecular formula is C10H18Cl2O4. The van der Waals surface area contributed by atoms with Crippen LogP contribution in [0.1, 0.15) is 0 Å². The van der Waals surface area contributed by atoms with Gasteiger partial charge in [-0.05, 0) is 0 Å². The standard InChI is InChI=1S/C10H18Cl2O4/c11-5-9(13)7-15-3-1-2-4-16-8-10(14)6-12/h1-2,9-10,13-14H,3-8H2. The molecule has 0 aliphatic carbocycles. The summed E-state index contributed by atoms with van der Waals surface area (Å²) in [4.78, 5) is 0. The first-order valence-corrected chi connectivity index (χ1v) is 6.06. The van der Waals surface area contributed by atoms with Crippen LogP contribution in [0.2, 0.25) is 0 Å². The van der Waals surface area contributed by atoms with Crippen molar-refractivity contribution >= 4 is 23.2 Å². The van der Waals surface area contributed by atoms with Crippen molar-refractivity contribution in [2.45, 2.75) is 12.2 Å². The molecule has 0 heterocycles. The van der Waals surface area contributed by atoms with Crippen LogP contribution in [0, 0.1) is 0 Å². The van der Waals surface area contributed by atoms with Gasteiger partial charge in [0.15, 0.2) is 0 Å². The third-order valence-corrected chi connectivity index (χ3v) is 2.28. The maximum Gasteiger partial charge on any atom is 0.0908 e. The second-order valence-electron chi connectivity index (χ2n) is 3.16. The average Bonchev–Trinajstić information content (AvgIpc) is 2.31. The molecule has 0 aromatic heterocycles. The van der Waals surface area contributed by atoms with E-state index in [4.69, 9.17) is 42.9 Å². The summed E-state index contributed by atoms with van der Waals surface area (Å²) in [6, 6.07) is 0. The monoisotopic (exact) mass is 272 g/mol. The molecule has 0 bridgehead atoms. The van der Waals surface area contributed by atoms with E-state index in [0.717, 1.165) is 0 Å². The van der Waals surface area contributed by atoms with E-state index < -0.39 is 12.2 Å². The molecule has 0 aliphatic heterocycles. The smallest absolute Gasteiger partial charge is 0.0908 e. The van der Waals surface area contributed by atoms with Gasteiger partial charge in [-0.1, -0.05) is 12.2 Å². The number of halogens is 2. The first-order valence-electron chi connectivity index (χ1n) is 4.99. The van der Waals surface area contributed by atoms with Crippen LogP contribution in [0.3, 0.4) is 0 Å². The number of rotatable bonds is 10. The molecule has 0 radical (unpaired) electrons. The van der Waals surface area contributed by atoms with Gasteiger partial charge in [0, 0.05) is 0 Å². The molecule has 6 heteroatoms. The molecule has 0 aromatic carbocycles. The van der Waals surface area contributed by atoms with Gasteiger partial charge in [-0.15, -0.1) is 23.2 Å². The fourth-order valence-electron chi connectivity index (χ4n) is 0.769. The number of aliphatic hydroxyl groups is 2. The van der Waals surface area contributed by atoms with Gasteiger partial charge >= 0.3 is 0 Å². The van der Waals surface area contributed by atoms with Crippen molar-refractivity contribution < 1.29 is 19.7 Å². The van der Waals surface area contributed by atoms with Crippen LogP contribution in [0.15, 0.2) is 12.2 Å². The fourth-order valence-corrected chi connectivity index (χ4v) is 0.948. The minimum Gasteiger partial charge on any atom is -0.389 e. The molecule has 4 nitrogen and oxygen atoms in total. The van der Waals surface area contributed by atoms with Crippen molar-refractivity contribution in [2.24, 2.45) is 0 Å². The van der Waals surface area contributed by atoms with E-state index >= 15 is 0 Å². The van der Waals surface area contributed by atoms with E-state index in [2.05, 4.69) is 0 Å². The Morgan fingerprint density at radius 3 is 1.56 bits per heavy atom. The lowest BCUT2D eigenvalue weighted by Crippen LogP contribution is -2.17. The predicted octanol–water partition coefficient (Wildman–Crippen LogP) is 0.775. The second kappa shape index (κ2) is 11.6. The van der Waals surface area contributed by atoms with Gasteiger partial charge in [0.1, 0.15) is 0 Å². The summed E-state index contributed by atoms with van der Waals surface area (Å²) in [5.74, 6) is 0.340. The lowest BCUT2D eigenvalue weighted by molar-refractivity contribution is 0.0576. The van der Waals surface area contributed by atoms with E-state index in [9.17, 15) is 0 Å². The fraction of sp³-hybridized carbons (Fsp3) is 0.800. The highest BCUT2D eigenvalue weighted by Crippen LogP contribution is 1.91. The van der Waals surface area contributed by atoms with Crippen LogP contribution in [0.5, 0.6) is 0 Å². The van der Waals surface area contributed by atoms with Gasteiger partial charge in [-0.2, -0.15) is 0 Å². The van der Waals surface area contributed by atoms with Crippen LogP contribution in [-0.4, -0.2) is 60.6 Å². The van der Waals surface area contributed by atoms with Crippen molar-refractivity contribution in [3.63, 3.8) is 0 Å². The lowest BCUT2D eigenvalue weighted by Gasteiger charge is -2.06. The molecule has 2 atom stereocenters. The Morgan fingerprint density at radius 2 is 1.25 bits per heavy atom. The van der Waals surface area contributed by atoms with E-state index in [0.29, 0.717) is 13.2 Å². The quantitative estimate of drug-likeness (QED) is 0.351. The van der Waals surface area contributed by atoms with E-state index in [1.54, 1.807) is 12.2 Å². The zero-order chi connectivity index (χ0) is 12.2. The van der Waals surface area contributed by atoms with E-state index in [-0.39, 0.29) is 25.0 Å². The molecule has 0 fully saturated rings. The molecule has 0 saturated carbocycles. The Balaban J connectivity index is 3.22. The maximum absolute atomic E-state index is 9.04. The van der Waals surface area contributed by atoms with Gasteiger partial charge < -0.3 is 19.7 Å². The maximum atomic E-state index is 9.04. The Bertz CT molecular complexity index is 160. The van der Waals surface area contributed by atoms with Crippen LogP contribution < -0.4 is 0 Å². The summed E-state index contributed by atoms with van der Waals surface area (Å²) in [7, 11) is 0. The first kappa shape index (κ1) is 16.2. The summed E-state index contributed by atoms with van der Waals surface area (Å²) in [5.41, 5.74) is 0. The highest BCUT2D eigenvalue weighted by molar-refractivity contribution is 6.18. The summed E-state index contributed by atoms with van der Waals surface area (Å²) < 4.78 is 10.2. The molecular weight excluding hydrogens is 255 g/mol. The van der Waals surface area contributed by atoms with Crippen LogP contribution in [-0.2, 0) is 9.47 Å². The minimum atomic E-state index is -0.620. The molecule has 0 aliphatic rings. The normalized spacial score (nSPS) is 15.5. The molecule has 0 amide bonds. The third kappa shape index (κ3) is 10.7.